The van der Waals surface area contributed by atoms with Crippen molar-refractivity contribution in [1.82, 2.24) is 25.0 Å². The summed E-state index contributed by atoms with van der Waals surface area (Å²) >= 11 is 0. The zero-order valence-corrected chi connectivity index (χ0v) is 16.6. The van der Waals surface area contributed by atoms with Gasteiger partial charge in [-0.15, -0.1) is 0 Å². The number of carbonyl (C=O) groups is 1. The van der Waals surface area contributed by atoms with E-state index in [0.717, 1.165) is 12.0 Å². The molecule has 0 saturated carbocycles. The molecule has 5 rings (SSSR count). The Morgan fingerprint density at radius 1 is 1.03 bits per heavy atom. The lowest BCUT2D eigenvalue weighted by Gasteiger charge is -2.17. The highest BCUT2D eigenvalue weighted by atomic mass is 16.5. The number of carbonyl (C=O) groups excluding carboxylic acids is 1. The van der Waals surface area contributed by atoms with Gasteiger partial charge in [0.1, 0.15) is 11.3 Å². The molecule has 1 aliphatic rings. The van der Waals surface area contributed by atoms with Crippen molar-refractivity contribution in [1.29, 1.82) is 0 Å². The molecule has 3 aromatic heterocycles. The van der Waals surface area contributed by atoms with E-state index < -0.39 is 0 Å². The number of likely N-dealkylation sites (tertiary alicyclic amines) is 1. The number of benzene rings is 1. The van der Waals surface area contributed by atoms with Gasteiger partial charge in [0.2, 0.25) is 17.6 Å². The van der Waals surface area contributed by atoms with Gasteiger partial charge in [-0.05, 0) is 42.8 Å². The van der Waals surface area contributed by atoms with Gasteiger partial charge in [-0.3, -0.25) is 9.78 Å². The van der Waals surface area contributed by atoms with E-state index in [9.17, 15) is 4.79 Å². The smallest absolute Gasteiger partial charge is 0.259 e. The molecule has 4 heterocycles. The van der Waals surface area contributed by atoms with Gasteiger partial charge in [0.05, 0.1) is 5.92 Å². The molecule has 0 bridgehead atoms. The second kappa shape index (κ2) is 8.35. The topological polar surface area (TPSA) is 94.2 Å². The molecule has 1 unspecified atom stereocenters. The first kappa shape index (κ1) is 18.9. The Balaban J connectivity index is 1.31. The third-order valence-corrected chi connectivity index (χ3v) is 5.16. The summed E-state index contributed by atoms with van der Waals surface area (Å²) in [5.74, 6) is 1.84. The van der Waals surface area contributed by atoms with Crippen molar-refractivity contribution in [3.63, 3.8) is 0 Å². The number of amides is 1. The lowest BCUT2D eigenvalue weighted by atomic mass is 10.1. The number of aromatic nitrogens is 4. The Morgan fingerprint density at radius 3 is 2.71 bits per heavy atom. The molecule has 0 aliphatic carbocycles. The zero-order chi connectivity index (χ0) is 21.0. The molecule has 1 aliphatic heterocycles. The van der Waals surface area contributed by atoms with E-state index in [0.29, 0.717) is 42.0 Å². The summed E-state index contributed by atoms with van der Waals surface area (Å²) in [6.07, 6.45) is 5.73. The molecular weight excluding hydrogens is 394 g/mol. The molecule has 1 amide bonds. The van der Waals surface area contributed by atoms with Gasteiger partial charge in [0.25, 0.3) is 5.91 Å². The quantitative estimate of drug-likeness (QED) is 0.489. The van der Waals surface area contributed by atoms with Crippen molar-refractivity contribution < 1.29 is 14.1 Å². The van der Waals surface area contributed by atoms with Crippen LogP contribution < -0.4 is 4.74 Å². The number of nitrogens with zero attached hydrogens (tertiary/aromatic N) is 5. The summed E-state index contributed by atoms with van der Waals surface area (Å²) in [6, 6.07) is 16.4. The molecule has 0 radical (unpaired) electrons. The van der Waals surface area contributed by atoms with Crippen LogP contribution in [0.4, 0.5) is 0 Å². The van der Waals surface area contributed by atoms with Crippen LogP contribution in [0.15, 0.2) is 77.7 Å². The van der Waals surface area contributed by atoms with Crippen LogP contribution in [0.25, 0.3) is 11.4 Å². The minimum Gasteiger partial charge on any atom is -0.438 e. The number of ether oxygens (including phenoxy) is 1. The Kier molecular flexibility index (Phi) is 5.10. The first-order chi connectivity index (χ1) is 15.3. The molecule has 4 aromatic rings. The third kappa shape index (κ3) is 4.00. The van der Waals surface area contributed by atoms with E-state index in [1.807, 2.05) is 42.5 Å². The van der Waals surface area contributed by atoms with Crippen LogP contribution in [0, 0.1) is 0 Å². The molecular formula is C23H19N5O3. The molecule has 1 atom stereocenters. The van der Waals surface area contributed by atoms with E-state index in [2.05, 4.69) is 20.1 Å². The summed E-state index contributed by atoms with van der Waals surface area (Å²) in [5.41, 5.74) is 1.27. The predicted octanol–water partition coefficient (Wildman–Crippen LogP) is 3.95. The van der Waals surface area contributed by atoms with Crippen LogP contribution in [-0.2, 0) is 0 Å². The average molecular weight is 413 g/mol. The maximum absolute atomic E-state index is 13.2. The van der Waals surface area contributed by atoms with Gasteiger partial charge in [0, 0.05) is 37.2 Å². The van der Waals surface area contributed by atoms with Gasteiger partial charge in [-0.2, -0.15) is 4.98 Å². The SMILES string of the molecule is O=C(c1cccnc1Oc1ccccc1)N1CCC(c2nc(-c3ccncc3)no2)C1. The summed E-state index contributed by atoms with van der Waals surface area (Å²) in [7, 11) is 0. The Bertz CT molecular complexity index is 1180. The summed E-state index contributed by atoms with van der Waals surface area (Å²) < 4.78 is 11.3. The van der Waals surface area contributed by atoms with Crippen molar-refractivity contribution in [3.05, 3.63) is 84.6 Å². The fraction of sp³-hybridized carbons (Fsp3) is 0.174. The fourth-order valence-corrected chi connectivity index (χ4v) is 3.57. The molecule has 8 heteroatoms. The third-order valence-electron chi connectivity index (χ3n) is 5.16. The van der Waals surface area contributed by atoms with Crippen molar-refractivity contribution in [2.75, 3.05) is 13.1 Å². The highest BCUT2D eigenvalue weighted by molar-refractivity contribution is 5.96. The molecule has 0 N–H and O–H groups in total. The van der Waals surface area contributed by atoms with Crippen molar-refractivity contribution in [2.24, 2.45) is 0 Å². The fourth-order valence-electron chi connectivity index (χ4n) is 3.57. The van der Waals surface area contributed by atoms with E-state index in [4.69, 9.17) is 9.26 Å². The normalized spacial score (nSPS) is 15.7. The second-order valence-electron chi connectivity index (χ2n) is 7.20. The monoisotopic (exact) mass is 413 g/mol. The van der Waals surface area contributed by atoms with Gasteiger partial charge < -0.3 is 14.2 Å². The molecule has 31 heavy (non-hydrogen) atoms. The van der Waals surface area contributed by atoms with Gasteiger partial charge >= 0.3 is 0 Å². The lowest BCUT2D eigenvalue weighted by Crippen LogP contribution is -2.29. The summed E-state index contributed by atoms with van der Waals surface area (Å²) in [6.45, 7) is 1.09. The highest BCUT2D eigenvalue weighted by Crippen LogP contribution is 2.30. The van der Waals surface area contributed by atoms with Crippen LogP contribution >= 0.6 is 0 Å². The number of hydrogen-bond donors (Lipinski definition) is 0. The molecule has 0 spiro atoms. The Morgan fingerprint density at radius 2 is 1.87 bits per heavy atom. The second-order valence-corrected chi connectivity index (χ2v) is 7.20. The van der Waals surface area contributed by atoms with E-state index in [1.54, 1.807) is 35.6 Å². The number of rotatable bonds is 5. The first-order valence-corrected chi connectivity index (χ1v) is 9.99. The van der Waals surface area contributed by atoms with Gasteiger partial charge in [-0.25, -0.2) is 4.98 Å². The predicted molar refractivity (Wildman–Crippen MR) is 112 cm³/mol. The largest absolute Gasteiger partial charge is 0.438 e. The number of para-hydroxylation sites is 1. The average Bonchev–Trinajstić information content (AvgIpc) is 3.50. The van der Waals surface area contributed by atoms with Gasteiger partial charge in [-0.1, -0.05) is 23.4 Å². The van der Waals surface area contributed by atoms with Crippen molar-refractivity contribution >= 4 is 5.91 Å². The lowest BCUT2D eigenvalue weighted by molar-refractivity contribution is 0.0786. The van der Waals surface area contributed by atoms with Crippen molar-refractivity contribution in [2.45, 2.75) is 12.3 Å². The molecule has 1 fully saturated rings. The minimum atomic E-state index is -0.129. The Hall–Kier alpha value is -4.07. The van der Waals surface area contributed by atoms with E-state index in [-0.39, 0.29) is 11.8 Å². The van der Waals surface area contributed by atoms with Crippen LogP contribution in [-0.4, -0.2) is 44.0 Å². The molecule has 1 saturated heterocycles. The standard InChI is InChI=1S/C23H19N5O3/c29-23(19-7-4-11-25-22(19)30-18-5-2-1-3-6-18)28-14-10-17(15-28)21-26-20(27-31-21)16-8-12-24-13-9-16/h1-9,11-13,17H,10,14-15H2. The highest BCUT2D eigenvalue weighted by Gasteiger charge is 2.33. The maximum atomic E-state index is 13.2. The molecule has 154 valence electrons. The minimum absolute atomic E-state index is 0.0119. The number of hydrogen-bond acceptors (Lipinski definition) is 7. The number of pyridine rings is 2. The summed E-state index contributed by atoms with van der Waals surface area (Å²) in [4.78, 5) is 27.8. The van der Waals surface area contributed by atoms with E-state index in [1.165, 1.54) is 0 Å². The van der Waals surface area contributed by atoms with Crippen LogP contribution in [0.3, 0.4) is 0 Å². The van der Waals surface area contributed by atoms with Gasteiger partial charge in [0.15, 0.2) is 0 Å². The van der Waals surface area contributed by atoms with Crippen LogP contribution in [0.2, 0.25) is 0 Å². The van der Waals surface area contributed by atoms with Crippen LogP contribution in [0.1, 0.15) is 28.6 Å². The zero-order valence-electron chi connectivity index (χ0n) is 16.6. The van der Waals surface area contributed by atoms with Crippen molar-refractivity contribution in [3.8, 4) is 23.0 Å². The summed E-state index contributed by atoms with van der Waals surface area (Å²) in [5, 5.41) is 4.07. The van der Waals surface area contributed by atoms with Crippen LogP contribution in [0.5, 0.6) is 11.6 Å². The van der Waals surface area contributed by atoms with E-state index >= 15 is 0 Å². The Labute approximate surface area is 178 Å². The molecule has 1 aromatic carbocycles. The first-order valence-electron chi connectivity index (χ1n) is 9.99. The molecule has 8 nitrogen and oxygen atoms in total. The maximum Gasteiger partial charge on any atom is 0.259 e.